The van der Waals surface area contributed by atoms with E-state index in [9.17, 15) is 4.79 Å². The zero-order chi connectivity index (χ0) is 22.2. The number of carbonyl (C=O) groups excluding carboxylic acids is 1. The van der Waals surface area contributed by atoms with Crippen molar-refractivity contribution in [2.75, 3.05) is 6.61 Å². The number of hydrogen-bond acceptors (Lipinski definition) is 3. The van der Waals surface area contributed by atoms with Crippen molar-refractivity contribution in [3.8, 4) is 11.5 Å². The van der Waals surface area contributed by atoms with Crippen LogP contribution >= 0.6 is 11.6 Å². The molecule has 5 heteroatoms. The summed E-state index contributed by atoms with van der Waals surface area (Å²) in [6, 6.07) is 20.9. The standard InChI is InChI=1S/C26H28ClNO3/c1-4-30-24-14-13-19(26(29)28-16-20-9-5-7-11-23(20)27)15-21(24)17-31-25-12-8-6-10-22(25)18(2)3/h5-15,18H,4,16-17H2,1-3H3,(H,28,29). The quantitative estimate of drug-likeness (QED) is 0.423. The number of rotatable bonds is 9. The van der Waals surface area contributed by atoms with E-state index >= 15 is 0 Å². The third-order valence-corrected chi connectivity index (χ3v) is 5.31. The van der Waals surface area contributed by atoms with E-state index in [0.717, 1.165) is 22.4 Å². The van der Waals surface area contributed by atoms with E-state index in [2.05, 4.69) is 25.2 Å². The molecule has 0 spiro atoms. The molecule has 0 unspecified atom stereocenters. The summed E-state index contributed by atoms with van der Waals surface area (Å²) in [6.07, 6.45) is 0. The highest BCUT2D eigenvalue weighted by Gasteiger charge is 2.13. The topological polar surface area (TPSA) is 47.6 Å². The molecule has 4 nitrogen and oxygen atoms in total. The predicted octanol–water partition coefficient (Wildman–Crippen LogP) is 6.37. The second-order valence-corrected chi connectivity index (χ2v) is 7.92. The molecule has 0 fully saturated rings. The van der Waals surface area contributed by atoms with Gasteiger partial charge in [-0.2, -0.15) is 0 Å². The summed E-state index contributed by atoms with van der Waals surface area (Å²) in [5.74, 6) is 1.73. The van der Waals surface area contributed by atoms with Crippen LogP contribution in [0.15, 0.2) is 66.7 Å². The lowest BCUT2D eigenvalue weighted by atomic mass is 10.0. The van der Waals surface area contributed by atoms with Crippen LogP contribution in [0.1, 0.15) is 53.7 Å². The van der Waals surface area contributed by atoms with Crippen LogP contribution in [0.5, 0.6) is 11.5 Å². The van der Waals surface area contributed by atoms with Gasteiger partial charge in [-0.05, 0) is 54.3 Å². The number of nitrogens with one attached hydrogen (secondary N) is 1. The molecule has 3 aromatic rings. The van der Waals surface area contributed by atoms with Crippen LogP contribution in [0, 0.1) is 0 Å². The van der Waals surface area contributed by atoms with Gasteiger partial charge < -0.3 is 14.8 Å². The van der Waals surface area contributed by atoms with Crippen molar-refractivity contribution < 1.29 is 14.3 Å². The maximum atomic E-state index is 12.7. The average molecular weight is 438 g/mol. The SMILES string of the molecule is CCOc1ccc(C(=O)NCc2ccccc2Cl)cc1COc1ccccc1C(C)C. The van der Waals surface area contributed by atoms with Crippen LogP contribution in [-0.4, -0.2) is 12.5 Å². The van der Waals surface area contributed by atoms with Gasteiger partial charge in [0.15, 0.2) is 0 Å². The molecule has 31 heavy (non-hydrogen) atoms. The summed E-state index contributed by atoms with van der Waals surface area (Å²) in [6.45, 7) is 7.41. The van der Waals surface area contributed by atoms with Gasteiger partial charge >= 0.3 is 0 Å². The molecule has 0 aliphatic carbocycles. The molecule has 162 valence electrons. The molecule has 0 aliphatic rings. The Morgan fingerprint density at radius 1 is 0.935 bits per heavy atom. The van der Waals surface area contributed by atoms with Crippen LogP contribution in [0.25, 0.3) is 0 Å². The third kappa shape index (κ3) is 6.02. The molecule has 1 amide bonds. The summed E-state index contributed by atoms with van der Waals surface area (Å²) in [7, 11) is 0. The van der Waals surface area contributed by atoms with Crippen molar-refractivity contribution in [1.82, 2.24) is 5.32 Å². The molecular formula is C26H28ClNO3. The molecule has 0 radical (unpaired) electrons. The van der Waals surface area contributed by atoms with Gasteiger partial charge in [-0.15, -0.1) is 0 Å². The Labute approximate surface area is 189 Å². The van der Waals surface area contributed by atoms with E-state index in [1.165, 1.54) is 0 Å². The van der Waals surface area contributed by atoms with Crippen LogP contribution < -0.4 is 14.8 Å². The molecule has 0 saturated carbocycles. The van der Waals surface area contributed by atoms with Gasteiger partial charge in [-0.1, -0.05) is 61.8 Å². The van der Waals surface area contributed by atoms with Gasteiger partial charge in [-0.25, -0.2) is 0 Å². The van der Waals surface area contributed by atoms with Crippen LogP contribution in [0.2, 0.25) is 5.02 Å². The van der Waals surface area contributed by atoms with Crippen LogP contribution in [0.4, 0.5) is 0 Å². The van der Waals surface area contributed by atoms with Gasteiger partial charge in [0, 0.05) is 22.7 Å². The van der Waals surface area contributed by atoms with Gasteiger partial charge in [0.25, 0.3) is 5.91 Å². The third-order valence-electron chi connectivity index (χ3n) is 4.94. The Kier molecular flexibility index (Phi) is 7.96. The summed E-state index contributed by atoms with van der Waals surface area (Å²) in [5, 5.41) is 3.56. The lowest BCUT2D eigenvalue weighted by molar-refractivity contribution is 0.0950. The minimum Gasteiger partial charge on any atom is -0.493 e. The van der Waals surface area contributed by atoms with E-state index in [4.69, 9.17) is 21.1 Å². The predicted molar refractivity (Wildman–Crippen MR) is 125 cm³/mol. The summed E-state index contributed by atoms with van der Waals surface area (Å²) in [4.78, 5) is 12.7. The second kappa shape index (κ2) is 10.9. The smallest absolute Gasteiger partial charge is 0.251 e. The molecular weight excluding hydrogens is 410 g/mol. The van der Waals surface area contributed by atoms with Crippen molar-refractivity contribution in [1.29, 1.82) is 0 Å². The molecule has 0 saturated heterocycles. The minimum absolute atomic E-state index is 0.174. The molecule has 0 bridgehead atoms. The fraction of sp³-hybridized carbons (Fsp3) is 0.269. The Morgan fingerprint density at radius 2 is 1.68 bits per heavy atom. The first-order valence-corrected chi connectivity index (χ1v) is 10.9. The van der Waals surface area contributed by atoms with Crippen molar-refractivity contribution in [3.63, 3.8) is 0 Å². The maximum absolute atomic E-state index is 12.7. The number of para-hydroxylation sites is 1. The first-order valence-electron chi connectivity index (χ1n) is 10.5. The monoisotopic (exact) mass is 437 g/mol. The molecule has 1 N–H and O–H groups in total. The van der Waals surface area contributed by atoms with Crippen LogP contribution in [-0.2, 0) is 13.2 Å². The summed E-state index contributed by atoms with van der Waals surface area (Å²) < 4.78 is 11.9. The van der Waals surface area contributed by atoms with Crippen molar-refractivity contribution >= 4 is 17.5 Å². The Bertz CT molecular complexity index is 1030. The van der Waals surface area contributed by atoms with E-state index in [1.54, 1.807) is 6.07 Å². The zero-order valence-electron chi connectivity index (χ0n) is 18.2. The lowest BCUT2D eigenvalue weighted by Crippen LogP contribution is -2.23. The largest absolute Gasteiger partial charge is 0.493 e. The number of halogens is 1. The number of amides is 1. The molecule has 3 aromatic carbocycles. The fourth-order valence-corrected chi connectivity index (χ4v) is 3.50. The highest BCUT2D eigenvalue weighted by Crippen LogP contribution is 2.28. The van der Waals surface area contributed by atoms with Gasteiger partial charge in [0.05, 0.1) is 6.61 Å². The number of hydrogen-bond donors (Lipinski definition) is 1. The molecule has 0 aliphatic heterocycles. The number of ether oxygens (including phenoxy) is 2. The van der Waals surface area contributed by atoms with E-state index in [0.29, 0.717) is 42.0 Å². The number of carbonyl (C=O) groups is 1. The summed E-state index contributed by atoms with van der Waals surface area (Å²) >= 11 is 6.18. The Morgan fingerprint density at radius 3 is 2.42 bits per heavy atom. The molecule has 0 heterocycles. The average Bonchev–Trinajstić information content (AvgIpc) is 2.78. The van der Waals surface area contributed by atoms with Crippen molar-refractivity contribution in [3.05, 3.63) is 94.0 Å². The number of benzene rings is 3. The minimum atomic E-state index is -0.174. The molecule has 0 atom stereocenters. The highest BCUT2D eigenvalue weighted by molar-refractivity contribution is 6.31. The van der Waals surface area contributed by atoms with Crippen molar-refractivity contribution in [2.45, 2.75) is 39.8 Å². The van der Waals surface area contributed by atoms with E-state index in [1.807, 2.05) is 61.5 Å². The van der Waals surface area contributed by atoms with Gasteiger partial charge in [0.1, 0.15) is 18.1 Å². The Balaban J connectivity index is 1.76. The van der Waals surface area contributed by atoms with Crippen LogP contribution in [0.3, 0.4) is 0 Å². The maximum Gasteiger partial charge on any atom is 0.251 e. The van der Waals surface area contributed by atoms with Crippen molar-refractivity contribution in [2.24, 2.45) is 0 Å². The van der Waals surface area contributed by atoms with E-state index < -0.39 is 0 Å². The zero-order valence-corrected chi connectivity index (χ0v) is 18.9. The summed E-state index contributed by atoms with van der Waals surface area (Å²) in [5.41, 5.74) is 3.39. The lowest BCUT2D eigenvalue weighted by Gasteiger charge is -2.16. The first-order chi connectivity index (χ1) is 15.0. The molecule has 0 aromatic heterocycles. The van der Waals surface area contributed by atoms with Gasteiger partial charge in [0.2, 0.25) is 0 Å². The highest BCUT2D eigenvalue weighted by atomic mass is 35.5. The molecule has 3 rings (SSSR count). The Hall–Kier alpha value is -2.98. The first kappa shape index (κ1) is 22.7. The van der Waals surface area contributed by atoms with E-state index in [-0.39, 0.29) is 5.91 Å². The second-order valence-electron chi connectivity index (χ2n) is 7.51. The normalized spacial score (nSPS) is 10.7. The van der Waals surface area contributed by atoms with Gasteiger partial charge in [-0.3, -0.25) is 4.79 Å². The fourth-order valence-electron chi connectivity index (χ4n) is 3.29.